The highest BCUT2D eigenvalue weighted by atomic mass is 16.5. The lowest BCUT2D eigenvalue weighted by Crippen LogP contribution is -2.13. The molecule has 1 N–H and O–H groups in total. The van der Waals surface area contributed by atoms with Gasteiger partial charge in [0, 0.05) is 6.20 Å². The highest BCUT2D eigenvalue weighted by Gasteiger charge is 2.11. The van der Waals surface area contributed by atoms with Crippen LogP contribution in [0.15, 0.2) is 16.8 Å². The molecule has 96 valence electrons. The second-order valence-electron chi connectivity index (χ2n) is 4.37. The first-order valence-corrected chi connectivity index (χ1v) is 6.17. The Morgan fingerprint density at radius 2 is 2.17 bits per heavy atom. The minimum absolute atomic E-state index is 0.556. The number of rotatable bonds is 5. The molecule has 2 heterocycles. The van der Waals surface area contributed by atoms with Gasteiger partial charge in [0.25, 0.3) is 0 Å². The first-order chi connectivity index (χ1) is 8.70. The van der Waals surface area contributed by atoms with Gasteiger partial charge >= 0.3 is 0 Å². The van der Waals surface area contributed by atoms with E-state index >= 15 is 0 Å². The van der Waals surface area contributed by atoms with Crippen LogP contribution in [0.2, 0.25) is 0 Å². The van der Waals surface area contributed by atoms with Crippen LogP contribution in [0.25, 0.3) is 11.5 Å². The Balaban J connectivity index is 2.13. The highest BCUT2D eigenvalue weighted by Crippen LogP contribution is 2.18. The van der Waals surface area contributed by atoms with Gasteiger partial charge in [0.05, 0.1) is 6.54 Å². The topological polar surface area (TPSA) is 63.8 Å². The molecular formula is C13H18N4O. The Morgan fingerprint density at radius 3 is 2.89 bits per heavy atom. The standard InChI is InChI=1S/C13H18N4O/c1-4-5-14-8-11-16-13(17-18-11)12-10(3)6-9(2)7-15-12/h6-7,14H,4-5,8H2,1-3H3. The molecule has 0 atom stereocenters. The van der Waals surface area contributed by atoms with Crippen molar-refractivity contribution < 1.29 is 4.52 Å². The molecule has 0 spiro atoms. The van der Waals surface area contributed by atoms with Crippen LogP contribution in [0.3, 0.4) is 0 Å². The molecule has 0 unspecified atom stereocenters. The second-order valence-corrected chi connectivity index (χ2v) is 4.37. The maximum absolute atomic E-state index is 5.19. The lowest BCUT2D eigenvalue weighted by Gasteiger charge is -2.00. The average molecular weight is 246 g/mol. The number of hydrogen-bond donors (Lipinski definition) is 1. The molecule has 2 aromatic rings. The summed E-state index contributed by atoms with van der Waals surface area (Å²) in [6.07, 6.45) is 2.90. The summed E-state index contributed by atoms with van der Waals surface area (Å²) in [5.74, 6) is 1.15. The average Bonchev–Trinajstić information content (AvgIpc) is 2.78. The number of aryl methyl sites for hydroxylation is 2. The van der Waals surface area contributed by atoms with Crippen LogP contribution in [0.1, 0.15) is 30.4 Å². The molecule has 5 heteroatoms. The Kier molecular flexibility index (Phi) is 4.04. The van der Waals surface area contributed by atoms with Crippen LogP contribution in [-0.2, 0) is 6.54 Å². The zero-order valence-corrected chi connectivity index (χ0v) is 11.0. The Labute approximate surface area is 107 Å². The van der Waals surface area contributed by atoms with Gasteiger partial charge in [-0.1, -0.05) is 18.1 Å². The van der Waals surface area contributed by atoms with Crippen LogP contribution in [0.5, 0.6) is 0 Å². The highest BCUT2D eigenvalue weighted by molar-refractivity contribution is 5.53. The Morgan fingerprint density at radius 1 is 1.33 bits per heavy atom. The molecule has 5 nitrogen and oxygen atoms in total. The third-order valence-corrected chi connectivity index (χ3v) is 2.60. The van der Waals surface area contributed by atoms with E-state index in [1.807, 2.05) is 20.0 Å². The molecule has 0 bridgehead atoms. The summed E-state index contributed by atoms with van der Waals surface area (Å²) >= 11 is 0. The van der Waals surface area contributed by atoms with E-state index < -0.39 is 0 Å². The molecule has 0 saturated heterocycles. The SMILES string of the molecule is CCCNCc1nc(-c2ncc(C)cc2C)no1. The van der Waals surface area contributed by atoms with Gasteiger partial charge in [-0.15, -0.1) is 0 Å². The van der Waals surface area contributed by atoms with Gasteiger partial charge in [-0.3, -0.25) is 4.98 Å². The van der Waals surface area contributed by atoms with E-state index in [0.29, 0.717) is 18.3 Å². The van der Waals surface area contributed by atoms with Gasteiger partial charge in [0.1, 0.15) is 5.69 Å². The maximum atomic E-state index is 5.19. The predicted octanol–water partition coefficient (Wildman–Crippen LogP) is 2.25. The number of nitrogens with one attached hydrogen (secondary N) is 1. The van der Waals surface area contributed by atoms with Crippen molar-refractivity contribution in [2.24, 2.45) is 0 Å². The summed E-state index contributed by atoms with van der Waals surface area (Å²) in [7, 11) is 0. The molecule has 0 saturated carbocycles. The molecule has 0 aliphatic heterocycles. The largest absolute Gasteiger partial charge is 0.337 e. The fourth-order valence-corrected chi connectivity index (χ4v) is 1.74. The second kappa shape index (κ2) is 5.73. The fraction of sp³-hybridized carbons (Fsp3) is 0.462. The first-order valence-electron chi connectivity index (χ1n) is 6.17. The minimum Gasteiger partial charge on any atom is -0.337 e. The van der Waals surface area contributed by atoms with Crippen molar-refractivity contribution in [1.82, 2.24) is 20.4 Å². The molecule has 18 heavy (non-hydrogen) atoms. The van der Waals surface area contributed by atoms with Gasteiger partial charge in [-0.05, 0) is 37.9 Å². The van der Waals surface area contributed by atoms with Crippen LogP contribution < -0.4 is 5.32 Å². The third kappa shape index (κ3) is 2.92. The van der Waals surface area contributed by atoms with Crippen molar-refractivity contribution >= 4 is 0 Å². The quantitative estimate of drug-likeness (QED) is 0.820. The molecule has 2 rings (SSSR count). The van der Waals surface area contributed by atoms with Crippen molar-refractivity contribution in [3.8, 4) is 11.5 Å². The van der Waals surface area contributed by atoms with E-state index in [-0.39, 0.29) is 0 Å². The van der Waals surface area contributed by atoms with E-state index in [4.69, 9.17) is 4.52 Å². The van der Waals surface area contributed by atoms with Crippen molar-refractivity contribution in [3.63, 3.8) is 0 Å². The summed E-state index contributed by atoms with van der Waals surface area (Å²) < 4.78 is 5.19. The summed E-state index contributed by atoms with van der Waals surface area (Å²) in [6, 6.07) is 2.06. The van der Waals surface area contributed by atoms with Gasteiger partial charge in [-0.2, -0.15) is 4.98 Å². The Bertz CT molecular complexity index is 521. The number of hydrogen-bond acceptors (Lipinski definition) is 5. The minimum atomic E-state index is 0.556. The van der Waals surface area contributed by atoms with E-state index in [0.717, 1.165) is 29.8 Å². The summed E-state index contributed by atoms with van der Waals surface area (Å²) in [4.78, 5) is 8.69. The molecule has 0 aromatic carbocycles. The smallest absolute Gasteiger partial charge is 0.240 e. The monoisotopic (exact) mass is 246 g/mol. The van der Waals surface area contributed by atoms with Gasteiger partial charge in [0.2, 0.25) is 11.7 Å². The molecule has 0 aliphatic carbocycles. The van der Waals surface area contributed by atoms with Crippen LogP contribution in [0, 0.1) is 13.8 Å². The third-order valence-electron chi connectivity index (χ3n) is 2.60. The van der Waals surface area contributed by atoms with E-state index in [2.05, 4.69) is 33.4 Å². The molecule has 0 radical (unpaired) electrons. The van der Waals surface area contributed by atoms with Crippen molar-refractivity contribution in [2.75, 3.05) is 6.54 Å². The van der Waals surface area contributed by atoms with E-state index in [1.54, 1.807) is 0 Å². The fourth-order valence-electron chi connectivity index (χ4n) is 1.74. The number of aromatic nitrogens is 3. The van der Waals surface area contributed by atoms with Gasteiger partial charge in [0.15, 0.2) is 0 Å². The lowest BCUT2D eigenvalue weighted by molar-refractivity contribution is 0.368. The van der Waals surface area contributed by atoms with Crippen molar-refractivity contribution in [2.45, 2.75) is 33.7 Å². The summed E-state index contributed by atoms with van der Waals surface area (Å²) in [5.41, 5.74) is 2.97. The summed E-state index contributed by atoms with van der Waals surface area (Å²) in [5, 5.41) is 7.19. The van der Waals surface area contributed by atoms with E-state index in [1.165, 1.54) is 0 Å². The zero-order valence-electron chi connectivity index (χ0n) is 11.0. The van der Waals surface area contributed by atoms with Crippen LogP contribution in [0.4, 0.5) is 0 Å². The molecule has 0 amide bonds. The zero-order chi connectivity index (χ0) is 13.0. The van der Waals surface area contributed by atoms with E-state index in [9.17, 15) is 0 Å². The maximum Gasteiger partial charge on any atom is 0.240 e. The Hall–Kier alpha value is -1.75. The van der Waals surface area contributed by atoms with Crippen molar-refractivity contribution in [1.29, 1.82) is 0 Å². The molecule has 2 aromatic heterocycles. The predicted molar refractivity (Wildman–Crippen MR) is 69.0 cm³/mol. The normalized spacial score (nSPS) is 10.8. The molecular weight excluding hydrogens is 228 g/mol. The number of nitrogens with zero attached hydrogens (tertiary/aromatic N) is 3. The van der Waals surface area contributed by atoms with Crippen molar-refractivity contribution in [3.05, 3.63) is 29.3 Å². The van der Waals surface area contributed by atoms with Gasteiger partial charge < -0.3 is 9.84 Å². The first kappa shape index (κ1) is 12.7. The summed E-state index contributed by atoms with van der Waals surface area (Å²) in [6.45, 7) is 7.68. The van der Waals surface area contributed by atoms with Crippen LogP contribution >= 0.6 is 0 Å². The lowest BCUT2D eigenvalue weighted by atomic mass is 10.1. The van der Waals surface area contributed by atoms with Crippen LogP contribution in [-0.4, -0.2) is 21.7 Å². The molecule has 0 aliphatic rings. The van der Waals surface area contributed by atoms with Gasteiger partial charge in [-0.25, -0.2) is 0 Å². The number of pyridine rings is 1. The molecule has 0 fully saturated rings.